The average molecular weight is 415 g/mol. The van der Waals surface area contributed by atoms with Crippen LogP contribution in [0.1, 0.15) is 65.6 Å². The third-order valence-corrected chi connectivity index (χ3v) is 6.19. The first-order valence-corrected chi connectivity index (χ1v) is 10.0. The van der Waals surface area contributed by atoms with Crippen molar-refractivity contribution >= 4 is 11.7 Å². The van der Waals surface area contributed by atoms with E-state index in [9.17, 15) is 18.0 Å². The molecule has 0 radical (unpaired) electrons. The number of alkyl halides is 2. The number of benzene rings is 1. The van der Waals surface area contributed by atoms with Gasteiger partial charge in [0.1, 0.15) is 11.5 Å². The fourth-order valence-corrected chi connectivity index (χ4v) is 4.89. The Labute approximate surface area is 170 Å². The standard InChI is InChI=1S/C21H20F3N5O/c1-11-8-17(18(23)24)29-21(25-11)26-19(27-29)20(30)28-15-6-7-16(28)10-13(9-15)12-2-4-14(22)5-3-12/h2-5,8,13,15-16,18H,6-7,9-10H2,1H3/t15-,16-/m1/s1. The second kappa shape index (κ2) is 7.07. The SMILES string of the molecule is Cc1cc(C(F)F)n2nc(C(=O)N3[C@@H]4CC[C@@H]3CC(c3ccc(F)cc3)C4)nc2n1. The van der Waals surface area contributed by atoms with Gasteiger partial charge in [-0.05, 0) is 62.3 Å². The van der Waals surface area contributed by atoms with Crippen LogP contribution in [0.4, 0.5) is 13.2 Å². The summed E-state index contributed by atoms with van der Waals surface area (Å²) < 4.78 is 40.9. The van der Waals surface area contributed by atoms with Gasteiger partial charge in [-0.2, -0.15) is 9.50 Å². The Morgan fingerprint density at radius 2 is 1.77 bits per heavy atom. The van der Waals surface area contributed by atoms with E-state index in [1.165, 1.54) is 18.2 Å². The van der Waals surface area contributed by atoms with Gasteiger partial charge in [-0.1, -0.05) is 12.1 Å². The second-order valence-electron chi connectivity index (χ2n) is 8.09. The molecule has 0 saturated carbocycles. The molecule has 4 heterocycles. The number of piperidine rings is 1. The first kappa shape index (κ1) is 19.0. The molecule has 2 aromatic heterocycles. The number of amides is 1. The molecule has 5 rings (SSSR count). The van der Waals surface area contributed by atoms with E-state index >= 15 is 0 Å². The monoisotopic (exact) mass is 415 g/mol. The zero-order valence-corrected chi connectivity index (χ0v) is 16.3. The number of hydrogen-bond donors (Lipinski definition) is 0. The van der Waals surface area contributed by atoms with E-state index in [2.05, 4.69) is 15.1 Å². The maximum Gasteiger partial charge on any atom is 0.294 e. The summed E-state index contributed by atoms with van der Waals surface area (Å²) in [6, 6.07) is 7.85. The molecule has 9 heteroatoms. The third kappa shape index (κ3) is 3.12. The van der Waals surface area contributed by atoms with Crippen LogP contribution in [0.25, 0.3) is 5.78 Å². The Morgan fingerprint density at radius 1 is 1.10 bits per heavy atom. The van der Waals surface area contributed by atoms with Crippen molar-refractivity contribution in [3.63, 3.8) is 0 Å². The van der Waals surface area contributed by atoms with E-state index in [0.717, 1.165) is 35.8 Å². The largest absolute Gasteiger partial charge is 0.330 e. The fraction of sp³-hybridized carbons (Fsp3) is 0.429. The normalized spacial score (nSPS) is 23.5. The van der Waals surface area contributed by atoms with Crippen LogP contribution in [0.2, 0.25) is 0 Å². The summed E-state index contributed by atoms with van der Waals surface area (Å²) in [5.74, 6) is -0.451. The lowest BCUT2D eigenvalue weighted by molar-refractivity contribution is 0.0558. The molecular formula is C21H20F3N5O. The summed E-state index contributed by atoms with van der Waals surface area (Å²) in [5.41, 5.74) is 1.14. The highest BCUT2D eigenvalue weighted by molar-refractivity contribution is 5.91. The summed E-state index contributed by atoms with van der Waals surface area (Å²) in [5, 5.41) is 4.06. The van der Waals surface area contributed by atoms with Crippen LogP contribution >= 0.6 is 0 Å². The summed E-state index contributed by atoms with van der Waals surface area (Å²) in [7, 11) is 0. The molecule has 2 aliphatic heterocycles. The van der Waals surface area contributed by atoms with Gasteiger partial charge in [0.15, 0.2) is 0 Å². The van der Waals surface area contributed by atoms with Gasteiger partial charge in [-0.25, -0.2) is 18.2 Å². The molecule has 2 saturated heterocycles. The Bertz CT molecular complexity index is 1100. The summed E-state index contributed by atoms with van der Waals surface area (Å²) >= 11 is 0. The van der Waals surface area contributed by atoms with E-state index in [-0.39, 0.29) is 47.0 Å². The Balaban J connectivity index is 1.42. The lowest BCUT2D eigenvalue weighted by Gasteiger charge is -2.38. The van der Waals surface area contributed by atoms with Gasteiger partial charge in [0, 0.05) is 17.8 Å². The van der Waals surface area contributed by atoms with E-state index in [1.54, 1.807) is 19.1 Å². The molecule has 1 amide bonds. The topological polar surface area (TPSA) is 63.4 Å². The third-order valence-electron chi connectivity index (χ3n) is 6.19. The molecule has 2 aliphatic rings. The van der Waals surface area contributed by atoms with Crippen molar-refractivity contribution in [3.05, 3.63) is 58.9 Å². The highest BCUT2D eigenvalue weighted by atomic mass is 19.3. The van der Waals surface area contributed by atoms with Gasteiger partial charge in [-0.3, -0.25) is 4.79 Å². The Kier molecular flexibility index (Phi) is 4.48. The quantitative estimate of drug-likeness (QED) is 0.647. The number of aryl methyl sites for hydroxylation is 1. The van der Waals surface area contributed by atoms with Crippen LogP contribution in [0, 0.1) is 12.7 Å². The van der Waals surface area contributed by atoms with Crippen LogP contribution in [0.5, 0.6) is 0 Å². The summed E-state index contributed by atoms with van der Waals surface area (Å²) in [6.45, 7) is 1.60. The van der Waals surface area contributed by atoms with Gasteiger partial charge in [0.05, 0.1) is 0 Å². The molecule has 3 aromatic rings. The smallest absolute Gasteiger partial charge is 0.294 e. The minimum absolute atomic E-state index is 0.00203. The first-order chi connectivity index (χ1) is 14.4. The zero-order valence-electron chi connectivity index (χ0n) is 16.3. The predicted molar refractivity (Wildman–Crippen MR) is 102 cm³/mol. The zero-order chi connectivity index (χ0) is 21.0. The fourth-order valence-electron chi connectivity index (χ4n) is 4.89. The van der Waals surface area contributed by atoms with Crippen LogP contribution in [-0.2, 0) is 0 Å². The number of rotatable bonds is 3. The van der Waals surface area contributed by atoms with Gasteiger partial charge in [-0.15, -0.1) is 5.10 Å². The highest BCUT2D eigenvalue weighted by Crippen LogP contribution is 2.43. The van der Waals surface area contributed by atoms with Crippen LogP contribution in [0.15, 0.2) is 30.3 Å². The minimum Gasteiger partial charge on any atom is -0.330 e. The Hall–Kier alpha value is -2.97. The first-order valence-electron chi connectivity index (χ1n) is 10.0. The minimum atomic E-state index is -2.75. The van der Waals surface area contributed by atoms with Crippen molar-refractivity contribution < 1.29 is 18.0 Å². The van der Waals surface area contributed by atoms with E-state index < -0.39 is 6.43 Å². The van der Waals surface area contributed by atoms with E-state index in [1.807, 2.05) is 4.90 Å². The maximum absolute atomic E-state index is 13.4. The number of carbonyl (C=O) groups excluding carboxylic acids is 1. The van der Waals surface area contributed by atoms with Crippen molar-refractivity contribution in [3.8, 4) is 0 Å². The Morgan fingerprint density at radius 3 is 2.40 bits per heavy atom. The molecule has 0 N–H and O–H groups in total. The molecule has 2 fully saturated rings. The summed E-state index contributed by atoms with van der Waals surface area (Å²) in [6.07, 6.45) is 0.561. The van der Waals surface area contributed by atoms with Crippen molar-refractivity contribution in [1.29, 1.82) is 0 Å². The van der Waals surface area contributed by atoms with Crippen LogP contribution < -0.4 is 0 Å². The van der Waals surface area contributed by atoms with E-state index in [0.29, 0.717) is 5.69 Å². The van der Waals surface area contributed by atoms with Crippen molar-refractivity contribution in [2.24, 2.45) is 0 Å². The number of carbonyl (C=O) groups is 1. The number of aromatic nitrogens is 4. The lowest BCUT2D eigenvalue weighted by Crippen LogP contribution is -2.46. The van der Waals surface area contributed by atoms with Crippen molar-refractivity contribution in [1.82, 2.24) is 24.5 Å². The maximum atomic E-state index is 13.4. The van der Waals surface area contributed by atoms with Gasteiger partial charge in [0.25, 0.3) is 18.1 Å². The molecule has 0 spiro atoms. The van der Waals surface area contributed by atoms with Gasteiger partial charge in [0.2, 0.25) is 5.82 Å². The van der Waals surface area contributed by atoms with Crippen molar-refractivity contribution in [2.45, 2.75) is 57.0 Å². The molecule has 6 nitrogen and oxygen atoms in total. The lowest BCUT2D eigenvalue weighted by atomic mass is 9.85. The average Bonchev–Trinajstić information content (AvgIpc) is 3.25. The molecule has 2 bridgehead atoms. The predicted octanol–water partition coefficient (Wildman–Crippen LogP) is 4.06. The number of nitrogens with zero attached hydrogens (tertiary/aromatic N) is 5. The van der Waals surface area contributed by atoms with Gasteiger partial charge < -0.3 is 4.90 Å². The molecular weight excluding hydrogens is 395 g/mol. The van der Waals surface area contributed by atoms with E-state index in [4.69, 9.17) is 0 Å². The molecule has 2 atom stereocenters. The molecule has 0 unspecified atom stereocenters. The number of fused-ring (bicyclic) bond motifs is 3. The van der Waals surface area contributed by atoms with Crippen LogP contribution in [-0.4, -0.2) is 42.5 Å². The van der Waals surface area contributed by atoms with Gasteiger partial charge >= 0.3 is 0 Å². The second-order valence-corrected chi connectivity index (χ2v) is 8.09. The highest BCUT2D eigenvalue weighted by Gasteiger charge is 2.44. The number of halogens is 3. The molecule has 0 aliphatic carbocycles. The molecule has 30 heavy (non-hydrogen) atoms. The molecule has 156 valence electrons. The summed E-state index contributed by atoms with van der Waals surface area (Å²) in [4.78, 5) is 23.3. The number of hydrogen-bond acceptors (Lipinski definition) is 4. The van der Waals surface area contributed by atoms with Crippen molar-refractivity contribution in [2.75, 3.05) is 0 Å². The van der Waals surface area contributed by atoms with Crippen LogP contribution in [0.3, 0.4) is 0 Å². The molecule has 1 aromatic carbocycles.